The molecule has 4 heteroatoms. The van der Waals surface area contributed by atoms with Gasteiger partial charge in [-0.3, -0.25) is 4.79 Å². The Morgan fingerprint density at radius 2 is 1.67 bits per heavy atom. The number of carbonyl (C=O) groups is 1. The summed E-state index contributed by atoms with van der Waals surface area (Å²) in [7, 11) is 0. The van der Waals surface area contributed by atoms with Crippen LogP contribution in [0.5, 0.6) is 11.5 Å². The molecule has 0 aromatic heterocycles. The van der Waals surface area contributed by atoms with Crippen LogP contribution in [-0.4, -0.2) is 25.5 Å². The van der Waals surface area contributed by atoms with Crippen molar-refractivity contribution in [2.24, 2.45) is 0 Å². The first-order valence-corrected chi connectivity index (χ1v) is 11.4. The number of benzene rings is 3. The van der Waals surface area contributed by atoms with Crippen LogP contribution in [0.1, 0.15) is 40.9 Å². The maximum Gasteiger partial charge on any atom is 0.232 e. The zero-order valence-electron chi connectivity index (χ0n) is 19.4. The lowest BCUT2D eigenvalue weighted by Gasteiger charge is -2.20. The Morgan fingerprint density at radius 1 is 0.939 bits per heavy atom. The number of ketones is 1. The molecule has 0 atom stereocenters. The number of ether oxygens (including phenoxy) is 2. The largest absolute Gasteiger partial charge is 0.489 e. The molecule has 1 heterocycles. The molecule has 33 heavy (non-hydrogen) atoms. The summed E-state index contributed by atoms with van der Waals surface area (Å²) in [6.45, 7) is 8.54. The standard InChI is InChI=1S/C29H29NO3/c1-4-30(5-2)24-15-13-23(14-16-24)19-27-29(31)28-21(3)18-25(20-26(28)33-27)32-17-9-12-22-10-7-6-8-11-22/h6-16,18-20H,4-5,17H2,1-3H3/b12-9+,27-19-. The number of aryl methyl sites for hydroxylation is 1. The van der Waals surface area contributed by atoms with Gasteiger partial charge in [0.05, 0.1) is 5.56 Å². The topological polar surface area (TPSA) is 38.8 Å². The Kier molecular flexibility index (Phi) is 6.94. The van der Waals surface area contributed by atoms with Crippen molar-refractivity contribution < 1.29 is 14.3 Å². The Morgan fingerprint density at radius 3 is 2.36 bits per heavy atom. The van der Waals surface area contributed by atoms with E-state index in [9.17, 15) is 4.79 Å². The lowest BCUT2D eigenvalue weighted by Crippen LogP contribution is -2.21. The van der Waals surface area contributed by atoms with E-state index in [-0.39, 0.29) is 5.78 Å². The molecule has 3 aromatic rings. The van der Waals surface area contributed by atoms with Crippen LogP contribution in [0.25, 0.3) is 12.2 Å². The fourth-order valence-corrected chi connectivity index (χ4v) is 3.97. The molecule has 0 saturated carbocycles. The van der Waals surface area contributed by atoms with Crippen molar-refractivity contribution in [2.75, 3.05) is 24.6 Å². The first-order chi connectivity index (χ1) is 16.1. The third-order valence-corrected chi connectivity index (χ3v) is 5.72. The number of rotatable bonds is 8. The normalized spacial score (nSPS) is 13.9. The lowest BCUT2D eigenvalue weighted by atomic mass is 10.0. The Hall–Kier alpha value is -3.79. The second kappa shape index (κ2) is 10.2. The highest BCUT2D eigenvalue weighted by atomic mass is 16.5. The Labute approximate surface area is 195 Å². The van der Waals surface area contributed by atoms with E-state index in [4.69, 9.17) is 9.47 Å². The van der Waals surface area contributed by atoms with Gasteiger partial charge < -0.3 is 14.4 Å². The molecule has 0 amide bonds. The monoisotopic (exact) mass is 439 g/mol. The molecule has 3 aromatic carbocycles. The molecule has 0 bridgehead atoms. The lowest BCUT2D eigenvalue weighted by molar-refractivity contribution is 0.101. The van der Waals surface area contributed by atoms with Crippen LogP contribution in [0.4, 0.5) is 5.69 Å². The van der Waals surface area contributed by atoms with Crippen molar-refractivity contribution in [3.8, 4) is 11.5 Å². The molecule has 0 spiro atoms. The second-order valence-electron chi connectivity index (χ2n) is 7.94. The fraction of sp³-hybridized carbons (Fsp3) is 0.207. The van der Waals surface area contributed by atoms with Crippen LogP contribution >= 0.6 is 0 Å². The van der Waals surface area contributed by atoms with E-state index in [1.165, 1.54) is 5.69 Å². The second-order valence-corrected chi connectivity index (χ2v) is 7.94. The molecule has 0 radical (unpaired) electrons. The molecule has 0 aliphatic carbocycles. The Balaban J connectivity index is 1.46. The first-order valence-electron chi connectivity index (χ1n) is 11.4. The van der Waals surface area contributed by atoms with E-state index >= 15 is 0 Å². The minimum Gasteiger partial charge on any atom is -0.489 e. The van der Waals surface area contributed by atoms with Gasteiger partial charge in [0.1, 0.15) is 18.1 Å². The summed E-state index contributed by atoms with van der Waals surface area (Å²) >= 11 is 0. The number of nitrogens with zero attached hydrogens (tertiary/aromatic N) is 1. The summed E-state index contributed by atoms with van der Waals surface area (Å²) in [4.78, 5) is 15.2. The quantitative estimate of drug-likeness (QED) is 0.373. The summed E-state index contributed by atoms with van der Waals surface area (Å²) < 4.78 is 11.8. The highest BCUT2D eigenvalue weighted by Crippen LogP contribution is 2.37. The van der Waals surface area contributed by atoms with Gasteiger partial charge in [-0.2, -0.15) is 0 Å². The van der Waals surface area contributed by atoms with Crippen molar-refractivity contribution >= 4 is 23.6 Å². The summed E-state index contributed by atoms with van der Waals surface area (Å²) in [5.41, 5.74) is 4.68. The molecule has 4 nitrogen and oxygen atoms in total. The number of allylic oxidation sites excluding steroid dienone is 1. The van der Waals surface area contributed by atoms with E-state index in [0.717, 1.165) is 29.8 Å². The van der Waals surface area contributed by atoms with Gasteiger partial charge in [-0.25, -0.2) is 0 Å². The zero-order chi connectivity index (χ0) is 23.2. The van der Waals surface area contributed by atoms with Gasteiger partial charge >= 0.3 is 0 Å². The summed E-state index contributed by atoms with van der Waals surface area (Å²) in [5, 5.41) is 0. The van der Waals surface area contributed by atoms with Crippen LogP contribution in [0.15, 0.2) is 78.6 Å². The van der Waals surface area contributed by atoms with Crippen LogP contribution in [0.2, 0.25) is 0 Å². The highest BCUT2D eigenvalue weighted by Gasteiger charge is 2.30. The summed E-state index contributed by atoms with van der Waals surface area (Å²) in [6, 6.07) is 21.9. The van der Waals surface area contributed by atoms with Crippen LogP contribution in [0, 0.1) is 6.92 Å². The minimum atomic E-state index is -0.0918. The first kappa shape index (κ1) is 22.4. The van der Waals surface area contributed by atoms with Gasteiger partial charge in [-0.15, -0.1) is 0 Å². The van der Waals surface area contributed by atoms with Crippen LogP contribution in [-0.2, 0) is 0 Å². The molecule has 1 aliphatic heterocycles. The number of hydrogen-bond acceptors (Lipinski definition) is 4. The Bertz CT molecular complexity index is 1170. The molecule has 0 fully saturated rings. The number of anilines is 1. The molecule has 0 unspecified atom stereocenters. The van der Waals surface area contributed by atoms with Gasteiger partial charge in [0.15, 0.2) is 5.76 Å². The van der Waals surface area contributed by atoms with E-state index in [1.807, 2.05) is 67.6 Å². The maximum atomic E-state index is 13.0. The average molecular weight is 440 g/mol. The van der Waals surface area contributed by atoms with Gasteiger partial charge in [-0.05, 0) is 67.8 Å². The number of hydrogen-bond donors (Lipinski definition) is 0. The zero-order valence-corrected chi connectivity index (χ0v) is 19.4. The summed E-state index contributed by atoms with van der Waals surface area (Å²) in [6.07, 6.45) is 5.79. The van der Waals surface area contributed by atoms with E-state index in [2.05, 4.69) is 30.9 Å². The highest BCUT2D eigenvalue weighted by molar-refractivity contribution is 6.15. The van der Waals surface area contributed by atoms with Crippen LogP contribution in [0.3, 0.4) is 0 Å². The molecular formula is C29H29NO3. The van der Waals surface area contributed by atoms with Crippen molar-refractivity contribution in [1.29, 1.82) is 0 Å². The van der Waals surface area contributed by atoms with Gasteiger partial charge in [0.25, 0.3) is 0 Å². The third kappa shape index (κ3) is 5.17. The van der Waals surface area contributed by atoms with Crippen molar-refractivity contribution in [3.63, 3.8) is 0 Å². The maximum absolute atomic E-state index is 13.0. The predicted octanol–water partition coefficient (Wildman–Crippen LogP) is 6.55. The average Bonchev–Trinajstić information content (AvgIpc) is 3.14. The van der Waals surface area contributed by atoms with E-state index in [0.29, 0.717) is 29.4 Å². The summed E-state index contributed by atoms with van der Waals surface area (Å²) in [5.74, 6) is 1.48. The van der Waals surface area contributed by atoms with E-state index < -0.39 is 0 Å². The minimum absolute atomic E-state index is 0.0918. The van der Waals surface area contributed by atoms with Gasteiger partial charge in [0, 0.05) is 24.8 Å². The van der Waals surface area contributed by atoms with Crippen molar-refractivity contribution in [3.05, 3.63) is 101 Å². The molecule has 168 valence electrons. The molecule has 4 rings (SSSR count). The number of carbonyl (C=O) groups excluding carboxylic acids is 1. The number of fused-ring (bicyclic) bond motifs is 1. The number of Topliss-reactive ketones (excluding diaryl/α,β-unsaturated/α-hetero) is 1. The molecular weight excluding hydrogens is 410 g/mol. The van der Waals surface area contributed by atoms with Gasteiger partial charge in [-0.1, -0.05) is 48.5 Å². The predicted molar refractivity (Wildman–Crippen MR) is 135 cm³/mol. The van der Waals surface area contributed by atoms with E-state index in [1.54, 1.807) is 12.1 Å². The van der Waals surface area contributed by atoms with Crippen molar-refractivity contribution in [1.82, 2.24) is 0 Å². The van der Waals surface area contributed by atoms with Crippen LogP contribution < -0.4 is 14.4 Å². The third-order valence-electron chi connectivity index (χ3n) is 5.72. The fourth-order valence-electron chi connectivity index (χ4n) is 3.97. The SMILES string of the molecule is CCN(CC)c1ccc(/C=C2\Oc3cc(OC/C=C/c4ccccc4)cc(C)c3C2=O)cc1. The molecule has 0 N–H and O–H groups in total. The molecule has 0 saturated heterocycles. The van der Waals surface area contributed by atoms with Crippen molar-refractivity contribution in [2.45, 2.75) is 20.8 Å². The molecule has 1 aliphatic rings. The smallest absolute Gasteiger partial charge is 0.232 e. The van der Waals surface area contributed by atoms with Gasteiger partial charge in [0.2, 0.25) is 5.78 Å².